The molecule has 0 aromatic carbocycles. The SMILES string of the molecule is CC(CN(C)C)NC(=O)C1CNCCO1. The van der Waals surface area contributed by atoms with Gasteiger partial charge in [-0.25, -0.2) is 0 Å². The molecule has 0 aromatic rings. The highest BCUT2D eigenvalue weighted by molar-refractivity contribution is 5.81. The fourth-order valence-electron chi connectivity index (χ4n) is 1.66. The van der Waals surface area contributed by atoms with Gasteiger partial charge in [0.05, 0.1) is 6.61 Å². The average molecular weight is 215 g/mol. The molecule has 1 aliphatic rings. The van der Waals surface area contributed by atoms with E-state index in [0.717, 1.165) is 13.1 Å². The van der Waals surface area contributed by atoms with Crippen molar-refractivity contribution in [2.75, 3.05) is 40.3 Å². The first-order valence-corrected chi connectivity index (χ1v) is 5.37. The predicted molar refractivity (Wildman–Crippen MR) is 58.8 cm³/mol. The van der Waals surface area contributed by atoms with Gasteiger partial charge in [-0.15, -0.1) is 0 Å². The molecule has 2 unspecified atom stereocenters. The van der Waals surface area contributed by atoms with Crippen molar-refractivity contribution in [2.45, 2.75) is 19.1 Å². The largest absolute Gasteiger partial charge is 0.366 e. The summed E-state index contributed by atoms with van der Waals surface area (Å²) in [5, 5.41) is 6.07. The molecule has 1 fully saturated rings. The van der Waals surface area contributed by atoms with E-state index in [1.54, 1.807) is 0 Å². The maximum atomic E-state index is 11.7. The Bertz CT molecular complexity index is 203. The van der Waals surface area contributed by atoms with E-state index in [0.29, 0.717) is 13.2 Å². The molecule has 1 aliphatic heterocycles. The quantitative estimate of drug-likeness (QED) is 0.634. The topological polar surface area (TPSA) is 53.6 Å². The lowest BCUT2D eigenvalue weighted by atomic mass is 10.2. The molecule has 5 heteroatoms. The van der Waals surface area contributed by atoms with Crippen LogP contribution in [-0.2, 0) is 9.53 Å². The third-order valence-corrected chi connectivity index (χ3v) is 2.25. The van der Waals surface area contributed by atoms with Crippen LogP contribution in [-0.4, -0.2) is 63.3 Å². The number of carbonyl (C=O) groups excluding carboxylic acids is 1. The van der Waals surface area contributed by atoms with E-state index in [4.69, 9.17) is 4.74 Å². The summed E-state index contributed by atoms with van der Waals surface area (Å²) in [6.45, 7) is 4.89. The van der Waals surface area contributed by atoms with Crippen LogP contribution in [0.1, 0.15) is 6.92 Å². The lowest BCUT2D eigenvalue weighted by Gasteiger charge is -2.25. The number of amides is 1. The maximum absolute atomic E-state index is 11.7. The Balaban J connectivity index is 2.27. The molecule has 0 bridgehead atoms. The second kappa shape index (κ2) is 6.05. The highest BCUT2D eigenvalue weighted by Gasteiger charge is 2.22. The van der Waals surface area contributed by atoms with Gasteiger partial charge in [0.15, 0.2) is 0 Å². The third-order valence-electron chi connectivity index (χ3n) is 2.25. The lowest BCUT2D eigenvalue weighted by Crippen LogP contribution is -2.51. The zero-order chi connectivity index (χ0) is 11.3. The number of nitrogens with one attached hydrogen (secondary N) is 2. The van der Waals surface area contributed by atoms with Crippen molar-refractivity contribution in [3.63, 3.8) is 0 Å². The number of hydrogen-bond acceptors (Lipinski definition) is 4. The smallest absolute Gasteiger partial charge is 0.250 e. The number of hydrogen-bond donors (Lipinski definition) is 2. The van der Waals surface area contributed by atoms with E-state index in [1.165, 1.54) is 0 Å². The van der Waals surface area contributed by atoms with E-state index in [1.807, 2.05) is 25.9 Å². The van der Waals surface area contributed by atoms with Crippen LogP contribution in [0.2, 0.25) is 0 Å². The number of ether oxygens (including phenoxy) is 1. The number of rotatable bonds is 4. The summed E-state index contributed by atoms with van der Waals surface area (Å²) in [6, 6.07) is 0.151. The fourth-order valence-corrected chi connectivity index (χ4v) is 1.66. The molecule has 1 saturated heterocycles. The third kappa shape index (κ3) is 4.59. The first-order chi connectivity index (χ1) is 7.09. The normalized spacial score (nSPS) is 23.9. The molecule has 88 valence electrons. The van der Waals surface area contributed by atoms with Crippen LogP contribution in [0.4, 0.5) is 0 Å². The zero-order valence-corrected chi connectivity index (χ0v) is 9.75. The van der Waals surface area contributed by atoms with Gasteiger partial charge in [0.25, 0.3) is 5.91 Å². The van der Waals surface area contributed by atoms with E-state index >= 15 is 0 Å². The molecular formula is C10H21N3O2. The van der Waals surface area contributed by atoms with E-state index in [9.17, 15) is 4.79 Å². The Morgan fingerprint density at radius 1 is 1.67 bits per heavy atom. The maximum Gasteiger partial charge on any atom is 0.250 e. The van der Waals surface area contributed by atoms with Gasteiger partial charge in [-0.05, 0) is 21.0 Å². The first kappa shape index (κ1) is 12.4. The van der Waals surface area contributed by atoms with Gasteiger partial charge in [-0.3, -0.25) is 4.79 Å². The Kier molecular flexibility index (Phi) is 5.01. The fraction of sp³-hybridized carbons (Fsp3) is 0.900. The van der Waals surface area contributed by atoms with Crippen LogP contribution in [0.3, 0.4) is 0 Å². The minimum atomic E-state index is -0.330. The molecule has 2 atom stereocenters. The van der Waals surface area contributed by atoms with Gasteiger partial charge in [-0.1, -0.05) is 0 Å². The summed E-state index contributed by atoms with van der Waals surface area (Å²) in [7, 11) is 3.97. The van der Waals surface area contributed by atoms with Gasteiger partial charge in [-0.2, -0.15) is 0 Å². The first-order valence-electron chi connectivity index (χ1n) is 5.37. The number of morpholine rings is 1. The summed E-state index contributed by atoms with van der Waals surface area (Å²) in [6.07, 6.45) is -0.330. The summed E-state index contributed by atoms with van der Waals surface area (Å²) < 4.78 is 5.36. The molecule has 0 aromatic heterocycles. The molecule has 15 heavy (non-hydrogen) atoms. The van der Waals surface area contributed by atoms with Crippen molar-refractivity contribution >= 4 is 5.91 Å². The van der Waals surface area contributed by atoms with E-state index in [2.05, 4.69) is 10.6 Å². The van der Waals surface area contributed by atoms with Crippen LogP contribution in [0.5, 0.6) is 0 Å². The Labute approximate surface area is 91.2 Å². The van der Waals surface area contributed by atoms with Gasteiger partial charge < -0.3 is 20.3 Å². The Morgan fingerprint density at radius 3 is 2.93 bits per heavy atom. The second-order valence-corrected chi connectivity index (χ2v) is 4.24. The van der Waals surface area contributed by atoms with E-state index < -0.39 is 0 Å². The van der Waals surface area contributed by atoms with Crippen LogP contribution < -0.4 is 10.6 Å². The molecule has 2 N–H and O–H groups in total. The summed E-state index contributed by atoms with van der Waals surface area (Å²) >= 11 is 0. The highest BCUT2D eigenvalue weighted by Crippen LogP contribution is 1.97. The van der Waals surface area contributed by atoms with Gasteiger partial charge in [0, 0.05) is 25.7 Å². The molecule has 0 aliphatic carbocycles. The number of carbonyl (C=O) groups is 1. The summed E-state index contributed by atoms with van der Waals surface area (Å²) in [5.74, 6) is -0.0171. The minimum Gasteiger partial charge on any atom is -0.366 e. The molecule has 5 nitrogen and oxygen atoms in total. The minimum absolute atomic E-state index is 0.0171. The van der Waals surface area contributed by atoms with Crippen LogP contribution in [0.25, 0.3) is 0 Å². The van der Waals surface area contributed by atoms with Crippen LogP contribution in [0.15, 0.2) is 0 Å². The molecule has 1 heterocycles. The Hall–Kier alpha value is -0.650. The predicted octanol–water partition coefficient (Wildman–Crippen LogP) is -0.959. The highest BCUT2D eigenvalue weighted by atomic mass is 16.5. The van der Waals surface area contributed by atoms with Crippen molar-refractivity contribution in [3.8, 4) is 0 Å². The standard InChI is InChI=1S/C10H21N3O2/c1-8(7-13(2)3)12-10(14)9-6-11-4-5-15-9/h8-9,11H,4-7H2,1-3H3,(H,12,14). The molecule has 0 radical (unpaired) electrons. The van der Waals surface area contributed by atoms with Crippen molar-refractivity contribution in [1.29, 1.82) is 0 Å². The van der Waals surface area contributed by atoms with Crippen LogP contribution in [0, 0.1) is 0 Å². The van der Waals surface area contributed by atoms with Crippen molar-refractivity contribution in [2.24, 2.45) is 0 Å². The zero-order valence-electron chi connectivity index (χ0n) is 9.75. The second-order valence-electron chi connectivity index (χ2n) is 4.24. The molecule has 0 spiro atoms. The van der Waals surface area contributed by atoms with Crippen LogP contribution >= 0.6 is 0 Å². The van der Waals surface area contributed by atoms with Crippen molar-refractivity contribution in [1.82, 2.24) is 15.5 Å². The summed E-state index contributed by atoms with van der Waals surface area (Å²) in [4.78, 5) is 13.7. The van der Waals surface area contributed by atoms with E-state index in [-0.39, 0.29) is 18.1 Å². The average Bonchev–Trinajstić information content (AvgIpc) is 2.17. The van der Waals surface area contributed by atoms with Gasteiger partial charge in [0.2, 0.25) is 0 Å². The van der Waals surface area contributed by atoms with Crippen molar-refractivity contribution < 1.29 is 9.53 Å². The van der Waals surface area contributed by atoms with Crippen molar-refractivity contribution in [3.05, 3.63) is 0 Å². The van der Waals surface area contributed by atoms with Gasteiger partial charge >= 0.3 is 0 Å². The Morgan fingerprint density at radius 2 is 2.40 bits per heavy atom. The van der Waals surface area contributed by atoms with Gasteiger partial charge in [0.1, 0.15) is 6.10 Å². The molecule has 1 amide bonds. The molecular weight excluding hydrogens is 194 g/mol. The monoisotopic (exact) mass is 215 g/mol. The number of nitrogens with zero attached hydrogens (tertiary/aromatic N) is 1. The summed E-state index contributed by atoms with van der Waals surface area (Å²) in [5.41, 5.74) is 0. The lowest BCUT2D eigenvalue weighted by molar-refractivity contribution is -0.134. The molecule has 0 saturated carbocycles. The number of likely N-dealkylation sites (N-methyl/N-ethyl adjacent to an activating group) is 1. The molecule has 1 rings (SSSR count).